The molecule has 1 aliphatic heterocycles. The maximum Gasteiger partial charge on any atom is 0.414 e. The minimum absolute atomic E-state index is 0.0135. The summed E-state index contributed by atoms with van der Waals surface area (Å²) < 4.78 is 44.6. The van der Waals surface area contributed by atoms with Crippen LogP contribution in [0.4, 0.5) is 35.0 Å². The summed E-state index contributed by atoms with van der Waals surface area (Å²) in [5.41, 5.74) is 1.48. The average molecular weight is 487 g/mol. The predicted octanol–water partition coefficient (Wildman–Crippen LogP) is 4.13. The molecule has 1 atom stereocenters. The number of cyclic esters (lactones) is 1. The lowest BCUT2D eigenvalue weighted by Crippen LogP contribution is -2.37. The average Bonchev–Trinajstić information content (AvgIpc) is 3.10. The first-order valence-corrected chi connectivity index (χ1v) is 10.8. The first-order chi connectivity index (χ1) is 16.6. The van der Waals surface area contributed by atoms with E-state index in [0.29, 0.717) is 5.56 Å². The first kappa shape index (κ1) is 25.6. The fourth-order valence-corrected chi connectivity index (χ4v) is 3.52. The van der Waals surface area contributed by atoms with E-state index in [1.54, 1.807) is 13.0 Å². The third kappa shape index (κ3) is 6.12. The highest BCUT2D eigenvalue weighted by molar-refractivity contribution is 5.90. The van der Waals surface area contributed by atoms with E-state index in [0.717, 1.165) is 16.5 Å². The summed E-state index contributed by atoms with van der Waals surface area (Å²) in [4.78, 5) is 37.0. The van der Waals surface area contributed by atoms with Gasteiger partial charge in [-0.25, -0.2) is 9.18 Å². The van der Waals surface area contributed by atoms with Gasteiger partial charge in [-0.05, 0) is 54.8 Å². The number of nitrogens with one attached hydrogen (secondary N) is 2. The monoisotopic (exact) mass is 487 g/mol. The van der Waals surface area contributed by atoms with Crippen LogP contribution < -0.4 is 21.0 Å². The number of anilines is 3. The Morgan fingerprint density at radius 3 is 2.51 bits per heavy atom. The van der Waals surface area contributed by atoms with Gasteiger partial charge in [0, 0.05) is 5.56 Å². The van der Waals surface area contributed by atoms with E-state index in [1.165, 1.54) is 24.3 Å². The fraction of sp³-hybridized carbons (Fsp3) is 0.320. The van der Waals surface area contributed by atoms with Crippen LogP contribution >= 0.6 is 0 Å². The third-order valence-electron chi connectivity index (χ3n) is 5.27. The van der Waals surface area contributed by atoms with Crippen LogP contribution in [0, 0.1) is 17.7 Å². The number of carbonyl (C=O) groups excluding carboxylic acids is 2. The van der Waals surface area contributed by atoms with Gasteiger partial charge in [-0.3, -0.25) is 14.5 Å². The maximum atomic E-state index is 14.9. The van der Waals surface area contributed by atoms with E-state index < -0.39 is 30.3 Å². The zero-order chi connectivity index (χ0) is 25.7. The molecule has 3 rings (SSSR count). The fourth-order valence-electron chi connectivity index (χ4n) is 3.52. The van der Waals surface area contributed by atoms with Crippen molar-refractivity contribution in [2.45, 2.75) is 39.2 Å². The number of rotatable bonds is 7. The number of alkyl halides is 2. The number of hydrogen-bond acceptors (Lipinski definition) is 5. The second kappa shape index (κ2) is 11.0. The van der Waals surface area contributed by atoms with Crippen molar-refractivity contribution in [2.24, 2.45) is 0 Å². The lowest BCUT2D eigenvalue weighted by molar-refractivity contribution is -0.132. The van der Waals surface area contributed by atoms with Gasteiger partial charge in [0.1, 0.15) is 11.9 Å². The predicted molar refractivity (Wildman–Crippen MR) is 126 cm³/mol. The van der Waals surface area contributed by atoms with Crippen LogP contribution in [0.25, 0.3) is 0 Å². The molecule has 184 valence electrons. The number of halogens is 3. The molecule has 1 aliphatic rings. The van der Waals surface area contributed by atoms with Crippen molar-refractivity contribution >= 4 is 29.1 Å². The van der Waals surface area contributed by atoms with E-state index in [4.69, 9.17) is 4.74 Å². The van der Waals surface area contributed by atoms with Gasteiger partial charge in [-0.15, -0.1) is 5.92 Å². The van der Waals surface area contributed by atoms with E-state index in [1.807, 2.05) is 19.2 Å². The Morgan fingerprint density at radius 2 is 1.89 bits per heavy atom. The van der Waals surface area contributed by atoms with Crippen molar-refractivity contribution < 1.29 is 27.5 Å². The molecule has 0 saturated carbocycles. The normalized spacial score (nSPS) is 15.0. The highest BCUT2D eigenvalue weighted by Crippen LogP contribution is 2.27. The number of ether oxygens (including phenoxy) is 1. The van der Waals surface area contributed by atoms with Gasteiger partial charge in [-0.2, -0.15) is 8.78 Å². The summed E-state index contributed by atoms with van der Waals surface area (Å²) in [7, 11) is 0. The Hall–Kier alpha value is -4.00. The summed E-state index contributed by atoms with van der Waals surface area (Å²) in [5.74, 6) is 3.65. The molecular weight excluding hydrogens is 463 g/mol. The highest BCUT2D eigenvalue weighted by atomic mass is 19.3. The second-order valence-corrected chi connectivity index (χ2v) is 8.11. The Balaban J connectivity index is 1.78. The van der Waals surface area contributed by atoms with Crippen molar-refractivity contribution in [1.82, 2.24) is 5.32 Å². The number of benzene rings is 1. The van der Waals surface area contributed by atoms with Gasteiger partial charge in [0.25, 0.3) is 5.91 Å². The number of nitrogens with zero attached hydrogens (tertiary/aromatic N) is 1. The minimum atomic E-state index is -3.18. The SMILES string of the molecule is CC#Cc1ccc(Nc2ccc(N3C[C@H](CNC(=O)C(F)F)OC3=O)cc2F)c(=O)cc1C(C)C. The van der Waals surface area contributed by atoms with Crippen LogP contribution in [0.3, 0.4) is 0 Å². The van der Waals surface area contributed by atoms with Crippen LogP contribution in [-0.2, 0) is 9.53 Å². The van der Waals surface area contributed by atoms with Crippen LogP contribution in [0.15, 0.2) is 41.2 Å². The van der Waals surface area contributed by atoms with E-state index in [9.17, 15) is 27.6 Å². The first-order valence-electron chi connectivity index (χ1n) is 10.8. The lowest BCUT2D eigenvalue weighted by Gasteiger charge is -2.15. The molecule has 1 heterocycles. The Kier molecular flexibility index (Phi) is 8.02. The lowest BCUT2D eigenvalue weighted by atomic mass is 10.00. The molecule has 10 heteroatoms. The van der Waals surface area contributed by atoms with Crippen molar-refractivity contribution in [3.8, 4) is 11.8 Å². The number of amides is 2. The zero-order valence-corrected chi connectivity index (χ0v) is 19.3. The van der Waals surface area contributed by atoms with Gasteiger partial charge >= 0.3 is 12.5 Å². The summed E-state index contributed by atoms with van der Waals surface area (Å²) in [6, 6.07) is 8.63. The number of hydrogen-bond donors (Lipinski definition) is 2. The second-order valence-electron chi connectivity index (χ2n) is 8.11. The summed E-state index contributed by atoms with van der Waals surface area (Å²) >= 11 is 0. The molecular formula is C25H24F3N3O4. The molecule has 2 amide bonds. The van der Waals surface area contributed by atoms with Crippen LogP contribution in [0.1, 0.15) is 37.8 Å². The zero-order valence-electron chi connectivity index (χ0n) is 19.3. The molecule has 1 fully saturated rings. The standard InChI is InChI=1S/C25H24F3N3O4/c1-4-5-15-6-8-21(22(32)11-18(15)14(2)3)30-20-9-7-16(10-19(20)26)31-13-17(35-25(31)34)12-29-24(33)23(27)28/h6-11,14,17,23H,12-13H2,1-3H3,(H,29,33)(H,30,32)/t17-/m0/s1. The van der Waals surface area contributed by atoms with Gasteiger partial charge in [0.2, 0.25) is 5.43 Å². The topological polar surface area (TPSA) is 87.7 Å². The van der Waals surface area contributed by atoms with Crippen LogP contribution in [0.2, 0.25) is 0 Å². The molecule has 7 nitrogen and oxygen atoms in total. The van der Waals surface area contributed by atoms with Crippen molar-refractivity contribution in [2.75, 3.05) is 23.3 Å². The molecule has 2 aromatic carbocycles. The molecule has 0 radical (unpaired) electrons. The van der Waals surface area contributed by atoms with Gasteiger partial charge in [-0.1, -0.05) is 19.8 Å². The van der Waals surface area contributed by atoms with Crippen LogP contribution in [-0.4, -0.2) is 37.6 Å². The molecule has 0 aliphatic carbocycles. The number of carbonyl (C=O) groups is 2. The molecule has 1 saturated heterocycles. The molecule has 2 N–H and O–H groups in total. The van der Waals surface area contributed by atoms with Gasteiger partial charge in [0.15, 0.2) is 0 Å². The van der Waals surface area contributed by atoms with Crippen molar-refractivity contribution in [3.63, 3.8) is 0 Å². The van der Waals surface area contributed by atoms with Gasteiger partial charge < -0.3 is 15.4 Å². The third-order valence-corrected chi connectivity index (χ3v) is 5.27. The summed E-state index contributed by atoms with van der Waals surface area (Å²) in [6.45, 7) is 5.23. The minimum Gasteiger partial charge on any atom is -0.442 e. The van der Waals surface area contributed by atoms with Crippen LogP contribution in [0.5, 0.6) is 0 Å². The molecule has 0 bridgehead atoms. The van der Waals surface area contributed by atoms with E-state index in [2.05, 4.69) is 17.2 Å². The highest BCUT2D eigenvalue weighted by Gasteiger charge is 2.33. The summed E-state index contributed by atoms with van der Waals surface area (Å²) in [5, 5.41) is 4.77. The largest absolute Gasteiger partial charge is 0.442 e. The van der Waals surface area contributed by atoms with Gasteiger partial charge in [0.05, 0.1) is 30.2 Å². The Morgan fingerprint density at radius 1 is 1.17 bits per heavy atom. The Labute approximate surface area is 200 Å². The van der Waals surface area contributed by atoms with E-state index in [-0.39, 0.29) is 41.5 Å². The molecule has 0 aromatic heterocycles. The van der Waals surface area contributed by atoms with E-state index >= 15 is 0 Å². The molecule has 35 heavy (non-hydrogen) atoms. The maximum absolute atomic E-state index is 14.9. The quantitative estimate of drug-likeness (QED) is 0.574. The van der Waals surface area contributed by atoms with Crippen molar-refractivity contribution in [1.29, 1.82) is 0 Å². The smallest absolute Gasteiger partial charge is 0.414 e. The molecule has 0 unspecified atom stereocenters. The van der Waals surface area contributed by atoms with Crippen molar-refractivity contribution in [3.05, 3.63) is 63.6 Å². The molecule has 0 spiro atoms. The Bertz CT molecular complexity index is 1250. The summed E-state index contributed by atoms with van der Waals surface area (Å²) in [6.07, 6.45) is -4.85. The molecule has 2 aromatic rings.